The van der Waals surface area contributed by atoms with Gasteiger partial charge in [0.05, 0.1) is 11.4 Å². The molecule has 108 valence electrons. The molecule has 2 fully saturated rings. The lowest BCUT2D eigenvalue weighted by Gasteiger charge is -2.17. The van der Waals surface area contributed by atoms with Crippen LogP contribution in [0.25, 0.3) is 0 Å². The first-order valence-electron chi connectivity index (χ1n) is 7.52. The minimum absolute atomic E-state index is 0.342. The molecule has 0 radical (unpaired) electrons. The van der Waals surface area contributed by atoms with Gasteiger partial charge in [-0.25, -0.2) is 0 Å². The number of carbonyl (C=O) groups is 1. The molecule has 1 aromatic carbocycles. The van der Waals surface area contributed by atoms with Crippen molar-refractivity contribution in [1.29, 1.82) is 0 Å². The van der Waals surface area contributed by atoms with Gasteiger partial charge in [-0.2, -0.15) is 0 Å². The fourth-order valence-corrected chi connectivity index (χ4v) is 2.89. The molecule has 0 bridgehead atoms. The Hall–Kier alpha value is -1.71. The lowest BCUT2D eigenvalue weighted by atomic mass is 10.1. The Bertz CT molecular complexity index is 510. The molecule has 1 aromatic rings. The molecule has 3 rings (SSSR count). The summed E-state index contributed by atoms with van der Waals surface area (Å²) in [5.41, 5.74) is 8.98. The number of aryl methyl sites for hydroxylation is 1. The van der Waals surface area contributed by atoms with Crippen molar-refractivity contribution in [3.05, 3.63) is 23.8 Å². The van der Waals surface area contributed by atoms with Crippen LogP contribution in [0.2, 0.25) is 0 Å². The molecule has 0 spiro atoms. The molecule has 2 aliphatic rings. The summed E-state index contributed by atoms with van der Waals surface area (Å²) in [7, 11) is 0. The zero-order valence-corrected chi connectivity index (χ0v) is 12.1. The molecular formula is C16H23N3O. The monoisotopic (exact) mass is 273 g/mol. The van der Waals surface area contributed by atoms with E-state index < -0.39 is 0 Å². The van der Waals surface area contributed by atoms with E-state index in [1.165, 1.54) is 5.56 Å². The van der Waals surface area contributed by atoms with Crippen LogP contribution in [-0.4, -0.2) is 30.4 Å². The minimum atomic E-state index is 0.342. The Labute approximate surface area is 120 Å². The van der Waals surface area contributed by atoms with Crippen molar-refractivity contribution in [3.8, 4) is 0 Å². The SMILES string of the molecule is Cc1ccc(NC[C@@H]2CCN(C(=O)C3CC3)C2)c(N)c1. The van der Waals surface area contributed by atoms with Crippen LogP contribution in [0.3, 0.4) is 0 Å². The molecule has 20 heavy (non-hydrogen) atoms. The summed E-state index contributed by atoms with van der Waals surface area (Å²) in [6.45, 7) is 4.75. The van der Waals surface area contributed by atoms with Crippen molar-refractivity contribution in [2.75, 3.05) is 30.7 Å². The highest BCUT2D eigenvalue weighted by Gasteiger charge is 2.36. The molecule has 4 nitrogen and oxygen atoms in total. The highest BCUT2D eigenvalue weighted by Crippen LogP contribution is 2.33. The number of nitrogens with zero attached hydrogens (tertiary/aromatic N) is 1. The average molecular weight is 273 g/mol. The maximum Gasteiger partial charge on any atom is 0.225 e. The van der Waals surface area contributed by atoms with E-state index in [1.54, 1.807) is 0 Å². The van der Waals surface area contributed by atoms with Gasteiger partial charge in [0.25, 0.3) is 0 Å². The van der Waals surface area contributed by atoms with Gasteiger partial charge in [-0.3, -0.25) is 4.79 Å². The third kappa shape index (κ3) is 2.89. The number of rotatable bonds is 4. The maximum absolute atomic E-state index is 12.0. The fraction of sp³-hybridized carbons (Fsp3) is 0.562. The number of hydrogen-bond donors (Lipinski definition) is 2. The maximum atomic E-state index is 12.0. The van der Waals surface area contributed by atoms with E-state index in [2.05, 4.69) is 11.4 Å². The van der Waals surface area contributed by atoms with Gasteiger partial charge in [-0.1, -0.05) is 6.07 Å². The van der Waals surface area contributed by atoms with E-state index in [-0.39, 0.29) is 0 Å². The molecule has 4 heteroatoms. The quantitative estimate of drug-likeness (QED) is 0.827. The predicted molar refractivity (Wildman–Crippen MR) is 81.5 cm³/mol. The van der Waals surface area contributed by atoms with Crippen LogP contribution in [0, 0.1) is 18.8 Å². The molecule has 0 aromatic heterocycles. The van der Waals surface area contributed by atoms with Crippen LogP contribution in [-0.2, 0) is 4.79 Å². The van der Waals surface area contributed by atoms with Crippen molar-refractivity contribution in [3.63, 3.8) is 0 Å². The molecule has 1 aliphatic carbocycles. The number of likely N-dealkylation sites (tertiary alicyclic amines) is 1. The van der Waals surface area contributed by atoms with E-state index >= 15 is 0 Å². The Kier molecular flexibility index (Phi) is 3.55. The standard InChI is InChI=1S/C16H23N3O/c1-11-2-5-15(14(17)8-11)18-9-12-6-7-19(10-12)16(20)13-3-4-13/h2,5,8,12-13,18H,3-4,6-7,9-10,17H2,1H3/t12-/m0/s1. The van der Waals surface area contributed by atoms with Crippen LogP contribution >= 0.6 is 0 Å². The van der Waals surface area contributed by atoms with Gasteiger partial charge in [-0.15, -0.1) is 0 Å². The Balaban J connectivity index is 1.50. The smallest absolute Gasteiger partial charge is 0.225 e. The number of hydrogen-bond acceptors (Lipinski definition) is 3. The van der Waals surface area contributed by atoms with E-state index in [0.29, 0.717) is 17.7 Å². The fourth-order valence-electron chi connectivity index (χ4n) is 2.89. The van der Waals surface area contributed by atoms with E-state index in [1.807, 2.05) is 24.0 Å². The summed E-state index contributed by atoms with van der Waals surface area (Å²) >= 11 is 0. The Morgan fingerprint density at radius 3 is 2.90 bits per heavy atom. The molecular weight excluding hydrogens is 250 g/mol. The number of nitrogen functional groups attached to an aromatic ring is 1. The second-order valence-corrected chi connectivity index (χ2v) is 6.18. The van der Waals surface area contributed by atoms with Crippen LogP contribution in [0.1, 0.15) is 24.8 Å². The van der Waals surface area contributed by atoms with Crippen molar-refractivity contribution in [1.82, 2.24) is 4.90 Å². The molecule has 1 heterocycles. The summed E-state index contributed by atoms with van der Waals surface area (Å²) in [6.07, 6.45) is 3.29. The van der Waals surface area contributed by atoms with Crippen molar-refractivity contribution < 1.29 is 4.79 Å². The molecule has 1 amide bonds. The Morgan fingerprint density at radius 2 is 2.20 bits per heavy atom. The summed E-state index contributed by atoms with van der Waals surface area (Å²) in [4.78, 5) is 14.0. The number of anilines is 2. The second-order valence-electron chi connectivity index (χ2n) is 6.18. The summed E-state index contributed by atoms with van der Waals surface area (Å²) < 4.78 is 0. The molecule has 1 saturated carbocycles. The highest BCUT2D eigenvalue weighted by molar-refractivity contribution is 5.81. The first-order valence-corrected chi connectivity index (χ1v) is 7.52. The van der Waals surface area contributed by atoms with Crippen molar-refractivity contribution in [2.45, 2.75) is 26.2 Å². The van der Waals surface area contributed by atoms with E-state index in [4.69, 9.17) is 5.73 Å². The number of nitrogens with one attached hydrogen (secondary N) is 1. The second kappa shape index (κ2) is 5.35. The summed E-state index contributed by atoms with van der Waals surface area (Å²) in [5, 5.41) is 3.42. The average Bonchev–Trinajstić information content (AvgIpc) is 3.16. The van der Waals surface area contributed by atoms with Crippen LogP contribution in [0.15, 0.2) is 18.2 Å². The number of carbonyl (C=O) groups excluding carboxylic acids is 1. The highest BCUT2D eigenvalue weighted by atomic mass is 16.2. The first-order chi connectivity index (χ1) is 9.63. The zero-order chi connectivity index (χ0) is 14.1. The van der Waals surface area contributed by atoms with Gasteiger partial charge in [-0.05, 0) is 49.8 Å². The van der Waals surface area contributed by atoms with E-state index in [0.717, 1.165) is 50.3 Å². The minimum Gasteiger partial charge on any atom is -0.397 e. The number of benzene rings is 1. The van der Waals surface area contributed by atoms with Gasteiger partial charge < -0.3 is 16.0 Å². The Morgan fingerprint density at radius 1 is 1.40 bits per heavy atom. The molecule has 0 unspecified atom stereocenters. The van der Waals surface area contributed by atoms with Gasteiger partial charge in [0.15, 0.2) is 0 Å². The zero-order valence-electron chi connectivity index (χ0n) is 12.1. The van der Waals surface area contributed by atoms with Gasteiger partial charge in [0.2, 0.25) is 5.91 Å². The van der Waals surface area contributed by atoms with Gasteiger partial charge >= 0.3 is 0 Å². The molecule has 1 saturated heterocycles. The van der Waals surface area contributed by atoms with Gasteiger partial charge in [0.1, 0.15) is 0 Å². The summed E-state index contributed by atoms with van der Waals surface area (Å²) in [6, 6.07) is 6.09. The first kappa shape index (κ1) is 13.3. The largest absolute Gasteiger partial charge is 0.397 e. The molecule has 1 atom stereocenters. The number of amides is 1. The van der Waals surface area contributed by atoms with E-state index in [9.17, 15) is 4.79 Å². The number of nitrogens with two attached hydrogens (primary N) is 1. The third-order valence-electron chi connectivity index (χ3n) is 4.31. The lowest BCUT2D eigenvalue weighted by Crippen LogP contribution is -2.30. The van der Waals surface area contributed by atoms with Crippen molar-refractivity contribution >= 4 is 17.3 Å². The normalized spacial score (nSPS) is 22.1. The predicted octanol–water partition coefficient (Wildman–Crippen LogP) is 2.25. The molecule has 3 N–H and O–H groups in total. The third-order valence-corrected chi connectivity index (χ3v) is 4.31. The molecule has 1 aliphatic heterocycles. The lowest BCUT2D eigenvalue weighted by molar-refractivity contribution is -0.131. The van der Waals surface area contributed by atoms with Crippen LogP contribution in [0.5, 0.6) is 0 Å². The topological polar surface area (TPSA) is 58.4 Å². The van der Waals surface area contributed by atoms with Crippen LogP contribution < -0.4 is 11.1 Å². The van der Waals surface area contributed by atoms with Crippen LogP contribution in [0.4, 0.5) is 11.4 Å². The summed E-state index contributed by atoms with van der Waals surface area (Å²) in [5.74, 6) is 1.26. The van der Waals surface area contributed by atoms with Gasteiger partial charge in [0, 0.05) is 25.6 Å². The van der Waals surface area contributed by atoms with Crippen molar-refractivity contribution in [2.24, 2.45) is 11.8 Å².